The Bertz CT molecular complexity index is 1660. The van der Waals surface area contributed by atoms with Crippen LogP contribution in [0.2, 0.25) is 0 Å². The second kappa shape index (κ2) is 11.1. The Kier molecular flexibility index (Phi) is 7.19. The van der Waals surface area contributed by atoms with Crippen LogP contribution in [0.4, 0.5) is 8.78 Å². The summed E-state index contributed by atoms with van der Waals surface area (Å²) in [5.41, 5.74) is 5.48. The van der Waals surface area contributed by atoms with Gasteiger partial charge in [-0.2, -0.15) is 10.2 Å². The Balaban J connectivity index is 1.28. The minimum absolute atomic E-state index is 0.0816. The van der Waals surface area contributed by atoms with Crippen molar-refractivity contribution in [2.75, 3.05) is 13.1 Å². The largest absolute Gasteiger partial charge is 0.364 e. The molecule has 2 aromatic carbocycles. The number of aryl methyl sites for hydroxylation is 1. The third kappa shape index (κ3) is 5.53. The maximum atomic E-state index is 14.2. The average Bonchev–Trinajstić information content (AvgIpc) is 3.76. The van der Waals surface area contributed by atoms with Crippen molar-refractivity contribution in [1.29, 1.82) is 0 Å². The first-order chi connectivity index (χ1) is 19.9. The van der Waals surface area contributed by atoms with Crippen LogP contribution in [0, 0.1) is 18.6 Å². The lowest BCUT2D eigenvalue weighted by Crippen LogP contribution is -2.41. The molecule has 0 radical (unpaired) electrons. The highest BCUT2D eigenvalue weighted by molar-refractivity contribution is 5.80. The summed E-state index contributed by atoms with van der Waals surface area (Å²) in [5.74, 6) is -2.25. The van der Waals surface area contributed by atoms with E-state index in [0.717, 1.165) is 40.0 Å². The molecule has 2 atom stereocenters. The molecule has 9 nitrogen and oxygen atoms in total. The van der Waals surface area contributed by atoms with E-state index in [1.54, 1.807) is 27.7 Å². The fourth-order valence-corrected chi connectivity index (χ4v) is 5.54. The first kappa shape index (κ1) is 26.6. The summed E-state index contributed by atoms with van der Waals surface area (Å²) in [6.07, 6.45) is 5.24. The molecule has 3 aromatic heterocycles. The minimum atomic E-state index is -0.909. The van der Waals surface area contributed by atoms with Gasteiger partial charge in [-0.05, 0) is 42.3 Å². The highest BCUT2D eigenvalue weighted by atomic mass is 19.2. The predicted molar refractivity (Wildman–Crippen MR) is 147 cm³/mol. The van der Waals surface area contributed by atoms with Crippen molar-refractivity contribution in [3.8, 4) is 16.9 Å². The molecule has 1 saturated heterocycles. The Morgan fingerprint density at radius 1 is 1.10 bits per heavy atom. The van der Waals surface area contributed by atoms with E-state index in [1.165, 1.54) is 12.3 Å². The zero-order chi connectivity index (χ0) is 28.5. The van der Waals surface area contributed by atoms with Crippen molar-refractivity contribution < 1.29 is 18.1 Å². The highest BCUT2D eigenvalue weighted by Crippen LogP contribution is 2.31. The number of likely N-dealkylation sites (tertiary alicyclic amines) is 1. The average molecular weight is 558 g/mol. The molecular formula is C30H29F2N7O2. The Morgan fingerprint density at radius 3 is 2.63 bits per heavy atom. The number of carbonyl (C=O) groups is 1. The van der Waals surface area contributed by atoms with Gasteiger partial charge in [0.25, 0.3) is 0 Å². The van der Waals surface area contributed by atoms with Crippen LogP contribution in [-0.2, 0) is 24.8 Å². The van der Waals surface area contributed by atoms with Crippen LogP contribution in [0.3, 0.4) is 0 Å². The van der Waals surface area contributed by atoms with Gasteiger partial charge < -0.3 is 9.84 Å². The first-order valence-electron chi connectivity index (χ1n) is 13.3. The lowest BCUT2D eigenvalue weighted by molar-refractivity contribution is -0.121. The molecular weight excluding hydrogens is 528 g/mol. The van der Waals surface area contributed by atoms with Crippen molar-refractivity contribution in [1.82, 2.24) is 34.9 Å². The molecule has 0 unspecified atom stereocenters. The van der Waals surface area contributed by atoms with E-state index < -0.39 is 11.6 Å². The zero-order valence-electron chi connectivity index (χ0n) is 22.7. The standard InChI is InChI=1S/C30H29F2N7O2/c1-19-28(39(23-6-4-3-5-7-23)35-30(19)21-14-33-37(2)15-21)13-29(40)34-27-18-38(16-22-10-11-41-36-22)17-24(27)20-8-9-25(31)26(32)12-20/h3-12,14-15,24,27H,13,16-18H2,1-2H3,(H,34,40)/t24-,27+/m0/s1. The summed E-state index contributed by atoms with van der Waals surface area (Å²) in [6, 6.07) is 15.0. The first-order valence-corrected chi connectivity index (χ1v) is 13.3. The van der Waals surface area contributed by atoms with Crippen molar-refractivity contribution >= 4 is 5.91 Å². The Labute approximate surface area is 235 Å². The Hall–Kier alpha value is -4.64. The number of rotatable bonds is 8. The Morgan fingerprint density at radius 2 is 1.93 bits per heavy atom. The van der Waals surface area contributed by atoms with E-state index in [1.807, 2.05) is 50.5 Å². The van der Waals surface area contributed by atoms with Gasteiger partial charge in [0.1, 0.15) is 6.26 Å². The number of hydrogen-bond donors (Lipinski definition) is 1. The summed E-state index contributed by atoms with van der Waals surface area (Å²) in [5, 5.41) is 16.3. The third-order valence-corrected chi connectivity index (χ3v) is 7.54. The molecule has 210 valence electrons. The maximum absolute atomic E-state index is 14.2. The van der Waals surface area contributed by atoms with E-state index in [0.29, 0.717) is 25.2 Å². The molecule has 11 heteroatoms. The van der Waals surface area contributed by atoms with Gasteiger partial charge >= 0.3 is 0 Å². The summed E-state index contributed by atoms with van der Waals surface area (Å²) < 4.78 is 36.4. The smallest absolute Gasteiger partial charge is 0.226 e. The van der Waals surface area contributed by atoms with Crippen LogP contribution >= 0.6 is 0 Å². The van der Waals surface area contributed by atoms with Gasteiger partial charge in [-0.1, -0.05) is 29.4 Å². The fourth-order valence-electron chi connectivity index (χ4n) is 5.54. The van der Waals surface area contributed by atoms with Crippen LogP contribution < -0.4 is 5.32 Å². The molecule has 6 rings (SSSR count). The van der Waals surface area contributed by atoms with Gasteiger partial charge in [0, 0.05) is 56.5 Å². The van der Waals surface area contributed by atoms with E-state index in [-0.39, 0.29) is 24.3 Å². The van der Waals surface area contributed by atoms with Crippen LogP contribution in [0.5, 0.6) is 0 Å². The number of halogens is 2. The fraction of sp³-hybridized carbons (Fsp3) is 0.267. The van der Waals surface area contributed by atoms with Crippen LogP contribution in [0.15, 0.2) is 77.8 Å². The number of para-hydroxylation sites is 1. The molecule has 0 bridgehead atoms. The van der Waals surface area contributed by atoms with Gasteiger partial charge in [-0.3, -0.25) is 14.4 Å². The molecule has 1 N–H and O–H groups in total. The molecule has 1 aliphatic heterocycles. The monoisotopic (exact) mass is 557 g/mol. The highest BCUT2D eigenvalue weighted by Gasteiger charge is 2.36. The van der Waals surface area contributed by atoms with Crippen LogP contribution in [0.1, 0.15) is 28.4 Å². The zero-order valence-corrected chi connectivity index (χ0v) is 22.7. The van der Waals surface area contributed by atoms with Gasteiger partial charge in [-0.15, -0.1) is 0 Å². The lowest BCUT2D eigenvalue weighted by atomic mass is 9.94. The maximum Gasteiger partial charge on any atom is 0.226 e. The third-order valence-electron chi connectivity index (χ3n) is 7.54. The number of benzene rings is 2. The molecule has 41 heavy (non-hydrogen) atoms. The molecule has 0 aliphatic carbocycles. The molecule has 0 saturated carbocycles. The minimum Gasteiger partial charge on any atom is -0.364 e. The van der Waals surface area contributed by atoms with Gasteiger partial charge in [0.15, 0.2) is 11.6 Å². The van der Waals surface area contributed by atoms with E-state index in [2.05, 4.69) is 20.5 Å². The quantitative estimate of drug-likeness (QED) is 0.308. The number of nitrogens with one attached hydrogen (secondary N) is 1. The second-order valence-electron chi connectivity index (χ2n) is 10.4. The molecule has 1 amide bonds. The number of aromatic nitrogens is 5. The summed E-state index contributed by atoms with van der Waals surface area (Å²) in [7, 11) is 1.85. The van der Waals surface area contributed by atoms with E-state index in [9.17, 15) is 13.6 Å². The summed E-state index contributed by atoms with van der Waals surface area (Å²) in [4.78, 5) is 15.7. The topological polar surface area (TPSA) is 94.0 Å². The van der Waals surface area contributed by atoms with E-state index >= 15 is 0 Å². The summed E-state index contributed by atoms with van der Waals surface area (Å²) >= 11 is 0. The SMILES string of the molecule is Cc1c(-c2cnn(C)c2)nn(-c2ccccc2)c1CC(=O)N[C@@H]1CN(Cc2ccon2)C[C@H]1c1ccc(F)c(F)c1. The van der Waals surface area contributed by atoms with Gasteiger partial charge in [0.05, 0.1) is 35.4 Å². The van der Waals surface area contributed by atoms with Crippen molar-refractivity contribution in [3.63, 3.8) is 0 Å². The predicted octanol–water partition coefficient (Wildman–Crippen LogP) is 4.17. The number of amides is 1. The molecule has 0 spiro atoms. The van der Waals surface area contributed by atoms with Gasteiger partial charge in [-0.25, -0.2) is 13.5 Å². The van der Waals surface area contributed by atoms with Crippen molar-refractivity contribution in [2.24, 2.45) is 7.05 Å². The normalized spacial score (nSPS) is 17.3. The second-order valence-corrected chi connectivity index (χ2v) is 10.4. The number of carbonyl (C=O) groups excluding carboxylic acids is 1. The molecule has 1 aliphatic rings. The number of nitrogens with zero attached hydrogens (tertiary/aromatic N) is 6. The van der Waals surface area contributed by atoms with E-state index in [4.69, 9.17) is 9.62 Å². The van der Waals surface area contributed by atoms with Crippen molar-refractivity contribution in [3.05, 3.63) is 107 Å². The van der Waals surface area contributed by atoms with Crippen molar-refractivity contribution in [2.45, 2.75) is 31.8 Å². The molecule has 5 aromatic rings. The summed E-state index contributed by atoms with van der Waals surface area (Å²) in [6.45, 7) is 3.52. The molecule has 4 heterocycles. The molecule has 1 fully saturated rings. The van der Waals surface area contributed by atoms with Crippen LogP contribution in [-0.4, -0.2) is 54.7 Å². The van der Waals surface area contributed by atoms with Crippen LogP contribution in [0.25, 0.3) is 16.9 Å². The number of hydrogen-bond acceptors (Lipinski definition) is 6. The van der Waals surface area contributed by atoms with Gasteiger partial charge in [0.2, 0.25) is 5.91 Å². The lowest BCUT2D eigenvalue weighted by Gasteiger charge is -2.21.